The van der Waals surface area contributed by atoms with Gasteiger partial charge in [0.15, 0.2) is 0 Å². The largest absolute Gasteiger partial charge is 0.328 e. The summed E-state index contributed by atoms with van der Waals surface area (Å²) in [5.41, 5.74) is 5.27. The second-order valence-electron chi connectivity index (χ2n) is 7.72. The van der Waals surface area contributed by atoms with Crippen molar-refractivity contribution in [2.24, 2.45) is 0 Å². The van der Waals surface area contributed by atoms with E-state index < -0.39 is 0 Å². The molecule has 0 amide bonds. The van der Waals surface area contributed by atoms with E-state index in [1.54, 1.807) is 0 Å². The molecule has 1 N–H and O–H groups in total. The van der Waals surface area contributed by atoms with Crippen LogP contribution in [0, 0.1) is 0 Å². The number of H-pyrrole nitrogens is 1. The van der Waals surface area contributed by atoms with Crippen LogP contribution < -0.4 is 5.69 Å². The van der Waals surface area contributed by atoms with E-state index in [1.807, 2.05) is 53.4 Å². The molecule has 0 unspecified atom stereocenters. The fourth-order valence-electron chi connectivity index (χ4n) is 3.72. The molecule has 0 saturated heterocycles. The average Bonchev–Trinajstić information content (AvgIpc) is 3.39. The molecule has 0 atom stereocenters. The summed E-state index contributed by atoms with van der Waals surface area (Å²) in [4.78, 5) is 12.9. The third kappa shape index (κ3) is 3.83. The maximum Gasteiger partial charge on any atom is 0.328 e. The van der Waals surface area contributed by atoms with Crippen molar-refractivity contribution >= 4 is 0 Å². The molecule has 7 heteroatoms. The maximum absolute atomic E-state index is 12.9. The normalized spacial score (nSPS) is 11.3. The van der Waals surface area contributed by atoms with Gasteiger partial charge in [-0.1, -0.05) is 61.9 Å². The summed E-state index contributed by atoms with van der Waals surface area (Å²) in [6.07, 6.45) is 3.91. The first-order valence-corrected chi connectivity index (χ1v) is 10.3. The van der Waals surface area contributed by atoms with Gasteiger partial charge >= 0.3 is 5.69 Å². The summed E-state index contributed by atoms with van der Waals surface area (Å²) in [5, 5.41) is 14.4. The number of aromatic amines is 1. The first-order chi connectivity index (χ1) is 14.6. The Morgan fingerprint density at radius 1 is 1.03 bits per heavy atom. The Hall–Kier alpha value is -3.48. The lowest BCUT2D eigenvalue weighted by molar-refractivity contribution is 0.560. The summed E-state index contributed by atoms with van der Waals surface area (Å²) in [6, 6.07) is 16.5. The summed E-state index contributed by atoms with van der Waals surface area (Å²) in [7, 11) is 0. The lowest BCUT2D eigenvalue weighted by Gasteiger charge is -2.10. The van der Waals surface area contributed by atoms with Gasteiger partial charge in [-0.25, -0.2) is 4.79 Å². The molecule has 0 bridgehead atoms. The molecule has 0 spiro atoms. The van der Waals surface area contributed by atoms with E-state index in [0.717, 1.165) is 40.8 Å². The van der Waals surface area contributed by atoms with Gasteiger partial charge in [-0.15, -0.1) is 10.2 Å². The highest BCUT2D eigenvalue weighted by Crippen LogP contribution is 2.29. The lowest BCUT2D eigenvalue weighted by Crippen LogP contribution is -2.26. The Balaban J connectivity index is 1.65. The van der Waals surface area contributed by atoms with Gasteiger partial charge in [0.25, 0.3) is 0 Å². The lowest BCUT2D eigenvalue weighted by atomic mass is 9.98. The third-order valence-electron chi connectivity index (χ3n) is 5.27. The van der Waals surface area contributed by atoms with E-state index in [2.05, 4.69) is 51.8 Å². The molecule has 0 saturated carbocycles. The molecule has 0 radical (unpaired) electrons. The number of tetrazole rings is 1. The molecule has 0 aliphatic carbocycles. The van der Waals surface area contributed by atoms with Crippen LogP contribution in [-0.2, 0) is 13.0 Å². The van der Waals surface area contributed by atoms with E-state index in [9.17, 15) is 4.79 Å². The van der Waals surface area contributed by atoms with Gasteiger partial charge in [-0.05, 0) is 42.2 Å². The molecule has 4 rings (SSSR count). The standard InChI is InChI=1S/C23H26N6O/c1-4-7-19-15-28(16(2)3)23(30)29(19)14-17-10-12-18(13-11-17)20-8-5-6-9-21(20)22-24-26-27-25-22/h5-6,8-13,15-16H,4,7,14H2,1-3H3,(H,24,25,26,27). The smallest absolute Gasteiger partial charge is 0.296 e. The Morgan fingerprint density at radius 2 is 1.77 bits per heavy atom. The van der Waals surface area contributed by atoms with Crippen LogP contribution in [0.4, 0.5) is 0 Å². The molecule has 0 fully saturated rings. The van der Waals surface area contributed by atoms with Gasteiger partial charge in [0.05, 0.1) is 6.54 Å². The molecular weight excluding hydrogens is 376 g/mol. The number of rotatable bonds is 7. The van der Waals surface area contributed by atoms with Crippen molar-refractivity contribution in [3.8, 4) is 22.5 Å². The zero-order valence-electron chi connectivity index (χ0n) is 17.5. The van der Waals surface area contributed by atoms with Crippen LogP contribution in [0.25, 0.3) is 22.5 Å². The summed E-state index contributed by atoms with van der Waals surface area (Å²) in [5.74, 6) is 0.570. The van der Waals surface area contributed by atoms with Crippen molar-refractivity contribution < 1.29 is 0 Å². The van der Waals surface area contributed by atoms with Gasteiger partial charge in [-0.2, -0.15) is 5.21 Å². The predicted octanol–water partition coefficient (Wildman–Crippen LogP) is 4.08. The quantitative estimate of drug-likeness (QED) is 0.505. The summed E-state index contributed by atoms with van der Waals surface area (Å²) in [6.45, 7) is 6.78. The Labute approximate surface area is 175 Å². The molecule has 2 aromatic carbocycles. The number of imidazole rings is 1. The van der Waals surface area contributed by atoms with Crippen molar-refractivity contribution in [2.75, 3.05) is 0 Å². The van der Waals surface area contributed by atoms with Crippen molar-refractivity contribution in [1.29, 1.82) is 0 Å². The van der Waals surface area contributed by atoms with Crippen molar-refractivity contribution in [3.05, 3.63) is 76.5 Å². The number of hydrogen-bond acceptors (Lipinski definition) is 4. The SMILES string of the molecule is CCCc1cn(C(C)C)c(=O)n1Cc1ccc(-c2ccccc2-c2nn[nH]n2)cc1. The second-order valence-corrected chi connectivity index (χ2v) is 7.72. The average molecular weight is 403 g/mol. The summed E-state index contributed by atoms with van der Waals surface area (Å²) < 4.78 is 3.71. The zero-order chi connectivity index (χ0) is 21.1. The van der Waals surface area contributed by atoms with Crippen molar-refractivity contribution in [2.45, 2.75) is 46.2 Å². The highest BCUT2D eigenvalue weighted by molar-refractivity contribution is 5.80. The molecule has 154 valence electrons. The van der Waals surface area contributed by atoms with E-state index >= 15 is 0 Å². The van der Waals surface area contributed by atoms with E-state index in [0.29, 0.717) is 12.4 Å². The molecule has 30 heavy (non-hydrogen) atoms. The first kappa shape index (κ1) is 19.8. The number of nitrogens with zero attached hydrogens (tertiary/aromatic N) is 5. The van der Waals surface area contributed by atoms with Crippen molar-refractivity contribution in [3.63, 3.8) is 0 Å². The van der Waals surface area contributed by atoms with Crippen LogP contribution in [0.2, 0.25) is 0 Å². The Morgan fingerprint density at radius 3 is 2.40 bits per heavy atom. The minimum atomic E-state index is 0.0555. The second kappa shape index (κ2) is 8.49. The van der Waals surface area contributed by atoms with Crippen molar-refractivity contribution in [1.82, 2.24) is 29.8 Å². The van der Waals surface area contributed by atoms with E-state index in [4.69, 9.17) is 0 Å². The van der Waals surface area contributed by atoms with Gasteiger partial charge in [0.2, 0.25) is 5.82 Å². The monoisotopic (exact) mass is 402 g/mol. The molecule has 7 nitrogen and oxygen atoms in total. The molecule has 2 aromatic heterocycles. The zero-order valence-corrected chi connectivity index (χ0v) is 17.5. The van der Waals surface area contributed by atoms with Gasteiger partial charge < -0.3 is 0 Å². The van der Waals surface area contributed by atoms with E-state index in [-0.39, 0.29) is 11.7 Å². The molecule has 2 heterocycles. The topological polar surface area (TPSA) is 81.4 Å². The van der Waals surface area contributed by atoms with Crippen LogP contribution in [-0.4, -0.2) is 29.8 Å². The summed E-state index contributed by atoms with van der Waals surface area (Å²) >= 11 is 0. The Bertz CT molecular complexity index is 1170. The molecule has 4 aromatic rings. The van der Waals surface area contributed by atoms with Crippen LogP contribution in [0.15, 0.2) is 59.5 Å². The molecular formula is C23H26N6O. The van der Waals surface area contributed by atoms with Crippen LogP contribution in [0.3, 0.4) is 0 Å². The third-order valence-corrected chi connectivity index (χ3v) is 5.27. The highest BCUT2D eigenvalue weighted by atomic mass is 16.1. The predicted molar refractivity (Wildman–Crippen MR) is 117 cm³/mol. The number of benzene rings is 2. The van der Waals surface area contributed by atoms with E-state index in [1.165, 1.54) is 0 Å². The maximum atomic E-state index is 12.9. The van der Waals surface area contributed by atoms with Crippen LogP contribution >= 0.6 is 0 Å². The van der Waals surface area contributed by atoms with Gasteiger partial charge in [0.1, 0.15) is 0 Å². The van der Waals surface area contributed by atoms with Gasteiger partial charge in [-0.3, -0.25) is 9.13 Å². The number of aromatic nitrogens is 6. The number of nitrogens with one attached hydrogen (secondary N) is 1. The molecule has 0 aliphatic heterocycles. The minimum absolute atomic E-state index is 0.0555. The highest BCUT2D eigenvalue weighted by Gasteiger charge is 2.14. The minimum Gasteiger partial charge on any atom is -0.296 e. The number of aryl methyl sites for hydroxylation is 1. The fourth-order valence-corrected chi connectivity index (χ4v) is 3.72. The van der Waals surface area contributed by atoms with Gasteiger partial charge in [0, 0.05) is 23.5 Å². The Kier molecular flexibility index (Phi) is 5.61. The van der Waals surface area contributed by atoms with Crippen LogP contribution in [0.1, 0.15) is 44.5 Å². The fraction of sp³-hybridized carbons (Fsp3) is 0.304. The number of hydrogen-bond donors (Lipinski definition) is 1. The van der Waals surface area contributed by atoms with Crippen LogP contribution in [0.5, 0.6) is 0 Å². The molecule has 0 aliphatic rings. The first-order valence-electron chi connectivity index (χ1n) is 10.3.